The van der Waals surface area contributed by atoms with Crippen LogP contribution in [0.5, 0.6) is 0 Å². The van der Waals surface area contributed by atoms with Gasteiger partial charge in [0.1, 0.15) is 5.76 Å². The van der Waals surface area contributed by atoms with Crippen molar-refractivity contribution in [3.8, 4) is 0 Å². The van der Waals surface area contributed by atoms with E-state index in [-0.39, 0.29) is 17.9 Å². The Morgan fingerprint density at radius 1 is 1.15 bits per heavy atom. The first-order chi connectivity index (χ1) is 13.1. The summed E-state index contributed by atoms with van der Waals surface area (Å²) >= 11 is 0. The number of likely N-dealkylation sites (tertiary alicyclic amines) is 1. The largest absolute Gasteiger partial charge is 0.507 e. The molecule has 3 rings (SSSR count). The number of pyridine rings is 1. The Hall–Kier alpha value is -2.99. The second-order valence-electron chi connectivity index (χ2n) is 6.32. The molecule has 1 saturated heterocycles. The highest BCUT2D eigenvalue weighted by Gasteiger charge is 2.45. The van der Waals surface area contributed by atoms with E-state index in [9.17, 15) is 14.7 Å². The Bertz CT molecular complexity index is 860. The zero-order valence-electron chi connectivity index (χ0n) is 15.4. The number of aliphatic hydroxyl groups excluding tert-OH is 1. The zero-order valence-corrected chi connectivity index (χ0v) is 15.4. The Labute approximate surface area is 158 Å². The quantitative estimate of drug-likeness (QED) is 0.483. The van der Waals surface area contributed by atoms with Crippen molar-refractivity contribution >= 4 is 17.4 Å². The predicted molar refractivity (Wildman–Crippen MR) is 101 cm³/mol. The maximum absolute atomic E-state index is 12.7. The van der Waals surface area contributed by atoms with Gasteiger partial charge in [-0.2, -0.15) is 0 Å². The van der Waals surface area contributed by atoms with Crippen molar-refractivity contribution in [1.29, 1.82) is 0 Å². The number of nitrogens with zero attached hydrogens (tertiary/aromatic N) is 2. The fraction of sp³-hybridized carbons (Fsp3) is 0.286. The molecule has 1 N–H and O–H groups in total. The summed E-state index contributed by atoms with van der Waals surface area (Å²) in [5.74, 6) is -1.52. The van der Waals surface area contributed by atoms with E-state index < -0.39 is 17.7 Å². The normalized spacial score (nSPS) is 18.9. The SMILES string of the molecule is CCc1ccc(C2C(=C(O)c3ccncc3)C(=O)C(=O)N2CCOC)cc1. The summed E-state index contributed by atoms with van der Waals surface area (Å²) in [5.41, 5.74) is 2.47. The molecule has 1 aliphatic rings. The number of aliphatic hydroxyl groups is 1. The van der Waals surface area contributed by atoms with Crippen molar-refractivity contribution in [3.63, 3.8) is 0 Å². The lowest BCUT2D eigenvalue weighted by molar-refractivity contribution is -0.140. The fourth-order valence-electron chi connectivity index (χ4n) is 3.25. The molecule has 27 heavy (non-hydrogen) atoms. The van der Waals surface area contributed by atoms with Crippen LogP contribution in [-0.2, 0) is 20.7 Å². The number of ether oxygens (including phenoxy) is 1. The molecule has 0 bridgehead atoms. The number of aryl methyl sites for hydroxylation is 1. The number of methoxy groups -OCH3 is 1. The lowest BCUT2D eigenvalue weighted by Gasteiger charge is -2.25. The van der Waals surface area contributed by atoms with Crippen molar-refractivity contribution < 1.29 is 19.4 Å². The number of hydrogen-bond donors (Lipinski definition) is 1. The molecule has 0 radical (unpaired) electrons. The van der Waals surface area contributed by atoms with Gasteiger partial charge in [0.15, 0.2) is 0 Å². The van der Waals surface area contributed by atoms with E-state index in [2.05, 4.69) is 11.9 Å². The highest BCUT2D eigenvalue weighted by Crippen LogP contribution is 2.39. The van der Waals surface area contributed by atoms with Gasteiger partial charge in [0.2, 0.25) is 0 Å². The van der Waals surface area contributed by atoms with Crippen molar-refractivity contribution in [3.05, 3.63) is 71.1 Å². The maximum Gasteiger partial charge on any atom is 0.295 e. The Morgan fingerprint density at radius 3 is 2.41 bits per heavy atom. The topological polar surface area (TPSA) is 79.7 Å². The first-order valence-corrected chi connectivity index (χ1v) is 8.85. The number of Topliss-reactive ketones (excluding diaryl/α,β-unsaturated/α-hetero) is 1. The number of aromatic nitrogens is 1. The summed E-state index contributed by atoms with van der Waals surface area (Å²) in [4.78, 5) is 30.7. The van der Waals surface area contributed by atoms with Crippen molar-refractivity contribution in [1.82, 2.24) is 9.88 Å². The van der Waals surface area contributed by atoms with Crippen LogP contribution in [0.4, 0.5) is 0 Å². The van der Waals surface area contributed by atoms with Gasteiger partial charge < -0.3 is 14.7 Å². The summed E-state index contributed by atoms with van der Waals surface area (Å²) in [6.07, 6.45) is 3.95. The summed E-state index contributed by atoms with van der Waals surface area (Å²) in [7, 11) is 1.54. The maximum atomic E-state index is 12.7. The third-order valence-corrected chi connectivity index (χ3v) is 4.73. The number of benzene rings is 1. The highest BCUT2D eigenvalue weighted by atomic mass is 16.5. The molecule has 0 saturated carbocycles. The molecular formula is C21H22N2O4. The van der Waals surface area contributed by atoms with E-state index in [1.165, 1.54) is 17.3 Å². The van der Waals surface area contributed by atoms with E-state index in [0.717, 1.165) is 17.5 Å². The summed E-state index contributed by atoms with van der Waals surface area (Å²) in [6, 6.07) is 10.3. The average molecular weight is 366 g/mol. The van der Waals surface area contributed by atoms with Gasteiger partial charge in [-0.25, -0.2) is 0 Å². The van der Waals surface area contributed by atoms with Crippen LogP contribution in [0, 0.1) is 0 Å². The number of carbonyl (C=O) groups is 2. The van der Waals surface area contributed by atoms with Crippen LogP contribution in [0.3, 0.4) is 0 Å². The number of hydrogen-bond acceptors (Lipinski definition) is 5. The first-order valence-electron chi connectivity index (χ1n) is 8.85. The molecule has 1 atom stereocenters. The molecule has 6 nitrogen and oxygen atoms in total. The van der Waals surface area contributed by atoms with Gasteiger partial charge in [-0.1, -0.05) is 31.2 Å². The Balaban J connectivity index is 2.13. The number of ketones is 1. The lowest BCUT2D eigenvalue weighted by atomic mass is 9.94. The standard InChI is InChI=1S/C21H22N2O4/c1-3-14-4-6-15(7-5-14)18-17(19(24)16-8-10-22-11-9-16)20(25)21(26)23(18)12-13-27-2/h4-11,18,24H,3,12-13H2,1-2H3. The van der Waals surface area contributed by atoms with Crippen LogP contribution in [0.2, 0.25) is 0 Å². The fourth-order valence-corrected chi connectivity index (χ4v) is 3.25. The minimum atomic E-state index is -0.690. The molecular weight excluding hydrogens is 344 g/mol. The number of amides is 1. The van der Waals surface area contributed by atoms with E-state index in [0.29, 0.717) is 12.2 Å². The number of carbonyl (C=O) groups excluding carboxylic acids is 2. The van der Waals surface area contributed by atoms with E-state index in [4.69, 9.17) is 4.74 Å². The summed E-state index contributed by atoms with van der Waals surface area (Å²) in [6.45, 7) is 2.61. The molecule has 6 heteroatoms. The minimum absolute atomic E-state index is 0.0894. The third kappa shape index (κ3) is 3.61. The molecule has 2 heterocycles. The average Bonchev–Trinajstić information content (AvgIpc) is 2.97. The lowest BCUT2D eigenvalue weighted by Crippen LogP contribution is -2.32. The van der Waals surface area contributed by atoms with Crippen molar-refractivity contribution in [2.24, 2.45) is 0 Å². The molecule has 2 aromatic rings. The van der Waals surface area contributed by atoms with E-state index in [1.54, 1.807) is 19.2 Å². The van der Waals surface area contributed by atoms with E-state index >= 15 is 0 Å². The van der Waals surface area contributed by atoms with E-state index in [1.807, 2.05) is 24.3 Å². The molecule has 0 aliphatic carbocycles. The van der Waals surface area contributed by atoms with Gasteiger partial charge in [0.05, 0.1) is 18.2 Å². The predicted octanol–water partition coefficient (Wildman–Crippen LogP) is 2.71. The smallest absolute Gasteiger partial charge is 0.295 e. The zero-order chi connectivity index (χ0) is 19.4. The minimum Gasteiger partial charge on any atom is -0.507 e. The second-order valence-corrected chi connectivity index (χ2v) is 6.32. The molecule has 0 spiro atoms. The molecule has 1 fully saturated rings. The first kappa shape index (κ1) is 18.8. The highest BCUT2D eigenvalue weighted by molar-refractivity contribution is 6.46. The monoisotopic (exact) mass is 366 g/mol. The van der Waals surface area contributed by atoms with Crippen LogP contribution in [0.25, 0.3) is 5.76 Å². The van der Waals surface area contributed by atoms with Crippen LogP contribution in [-0.4, -0.2) is 46.9 Å². The van der Waals surface area contributed by atoms with Crippen LogP contribution in [0.15, 0.2) is 54.4 Å². The summed E-state index contributed by atoms with van der Waals surface area (Å²) in [5, 5.41) is 10.8. The number of rotatable bonds is 6. The van der Waals surface area contributed by atoms with Crippen LogP contribution >= 0.6 is 0 Å². The van der Waals surface area contributed by atoms with Gasteiger partial charge in [-0.15, -0.1) is 0 Å². The van der Waals surface area contributed by atoms with Gasteiger partial charge in [0.25, 0.3) is 11.7 Å². The van der Waals surface area contributed by atoms with Crippen LogP contribution < -0.4 is 0 Å². The van der Waals surface area contributed by atoms with Gasteiger partial charge in [-0.05, 0) is 29.7 Å². The van der Waals surface area contributed by atoms with Gasteiger partial charge >= 0.3 is 0 Å². The third-order valence-electron chi connectivity index (χ3n) is 4.73. The molecule has 1 aliphatic heterocycles. The molecule has 1 unspecified atom stereocenters. The summed E-state index contributed by atoms with van der Waals surface area (Å²) < 4.78 is 5.10. The molecule has 1 amide bonds. The molecule has 140 valence electrons. The van der Waals surface area contributed by atoms with Crippen molar-refractivity contribution in [2.45, 2.75) is 19.4 Å². The van der Waals surface area contributed by atoms with Crippen molar-refractivity contribution in [2.75, 3.05) is 20.3 Å². The molecule has 1 aromatic heterocycles. The van der Waals surface area contributed by atoms with Gasteiger partial charge in [0, 0.05) is 31.6 Å². The Kier molecular flexibility index (Phi) is 5.66. The second kappa shape index (κ2) is 8.14. The molecule has 1 aromatic carbocycles. The Morgan fingerprint density at radius 2 is 1.81 bits per heavy atom. The van der Waals surface area contributed by atoms with Crippen LogP contribution in [0.1, 0.15) is 29.7 Å². The van der Waals surface area contributed by atoms with Gasteiger partial charge in [-0.3, -0.25) is 14.6 Å².